The average Bonchev–Trinajstić information content (AvgIpc) is 2.35. The van der Waals surface area contributed by atoms with Gasteiger partial charge < -0.3 is 9.84 Å². The fourth-order valence-electron chi connectivity index (χ4n) is 1.36. The van der Waals surface area contributed by atoms with Gasteiger partial charge in [0.15, 0.2) is 0 Å². The smallest absolute Gasteiger partial charge is 0.119 e. The minimum atomic E-state index is -0.938. The Labute approximate surface area is 105 Å². The van der Waals surface area contributed by atoms with Gasteiger partial charge in [-0.15, -0.1) is 0 Å². The van der Waals surface area contributed by atoms with Crippen molar-refractivity contribution in [3.05, 3.63) is 30.3 Å². The van der Waals surface area contributed by atoms with Gasteiger partial charge in [-0.2, -0.15) is 0 Å². The third kappa shape index (κ3) is 6.44. The van der Waals surface area contributed by atoms with Crippen LogP contribution in [0, 0.1) is 0 Å². The molecule has 1 N–H and O–H groups in total. The summed E-state index contributed by atoms with van der Waals surface area (Å²) in [5.74, 6) is 1.69. The summed E-state index contributed by atoms with van der Waals surface area (Å²) in [6.07, 6.45) is 1.31. The zero-order valence-electron chi connectivity index (χ0n) is 10.2. The molecule has 0 radical (unpaired) electrons. The first-order chi connectivity index (χ1) is 8.22. The van der Waals surface area contributed by atoms with Gasteiger partial charge in [0.2, 0.25) is 0 Å². The molecule has 17 heavy (non-hydrogen) atoms. The molecule has 0 bridgehead atoms. The van der Waals surface area contributed by atoms with Crippen LogP contribution in [0.15, 0.2) is 30.3 Å². The second-order valence-corrected chi connectivity index (χ2v) is 5.56. The molecule has 1 aromatic carbocycles. The van der Waals surface area contributed by atoms with Gasteiger partial charge in [0.05, 0.1) is 11.9 Å². The molecule has 1 aromatic rings. The van der Waals surface area contributed by atoms with Gasteiger partial charge in [-0.25, -0.2) is 0 Å². The van der Waals surface area contributed by atoms with E-state index in [4.69, 9.17) is 4.74 Å². The topological polar surface area (TPSA) is 46.5 Å². The first-order valence-electron chi connectivity index (χ1n) is 5.93. The van der Waals surface area contributed by atoms with E-state index < -0.39 is 16.9 Å². The number of benzene rings is 1. The summed E-state index contributed by atoms with van der Waals surface area (Å²) in [4.78, 5) is 0. The minimum absolute atomic E-state index is 0.196. The minimum Gasteiger partial charge on any atom is -0.491 e. The quantitative estimate of drug-likeness (QED) is 0.773. The van der Waals surface area contributed by atoms with E-state index in [0.29, 0.717) is 11.5 Å². The first kappa shape index (κ1) is 14.2. The Balaban J connectivity index is 2.21. The largest absolute Gasteiger partial charge is 0.491 e. The number of hydrogen-bond acceptors (Lipinski definition) is 3. The summed E-state index contributed by atoms with van der Waals surface area (Å²) in [5, 5.41) is 9.66. The number of unbranched alkanes of at least 4 members (excludes halogenated alkanes) is 1. The molecule has 0 aliphatic carbocycles. The van der Waals surface area contributed by atoms with Crippen molar-refractivity contribution in [1.82, 2.24) is 0 Å². The Morgan fingerprint density at radius 1 is 1.35 bits per heavy atom. The van der Waals surface area contributed by atoms with Gasteiger partial charge in [0.25, 0.3) is 0 Å². The molecule has 0 unspecified atom stereocenters. The molecule has 0 spiro atoms. The van der Waals surface area contributed by atoms with Crippen molar-refractivity contribution in [3.8, 4) is 5.75 Å². The predicted octanol–water partition coefficient (Wildman–Crippen LogP) is 1.98. The van der Waals surface area contributed by atoms with Crippen LogP contribution in [0.25, 0.3) is 0 Å². The van der Waals surface area contributed by atoms with Gasteiger partial charge in [-0.05, 0) is 18.6 Å². The molecular formula is C13H20O3S. The average molecular weight is 256 g/mol. The lowest BCUT2D eigenvalue weighted by molar-refractivity contribution is 0.125. The van der Waals surface area contributed by atoms with Gasteiger partial charge in [-0.3, -0.25) is 4.21 Å². The number of rotatable bonds is 8. The molecule has 4 heteroatoms. The van der Waals surface area contributed by atoms with Crippen LogP contribution in [0.1, 0.15) is 19.8 Å². The fourth-order valence-corrected chi connectivity index (χ4v) is 2.66. The highest BCUT2D eigenvalue weighted by Crippen LogP contribution is 2.08. The standard InChI is InChI=1S/C13H20O3S/c1-2-3-9-17(15)11-12(14)10-16-13-7-5-4-6-8-13/h4-8,12,14H,2-3,9-11H2,1H3/t12-,17-/m1/s1. The van der Waals surface area contributed by atoms with Crippen molar-refractivity contribution in [2.45, 2.75) is 25.9 Å². The Bertz CT molecular complexity index is 327. The normalized spacial score (nSPS) is 14.2. The molecule has 3 nitrogen and oxygen atoms in total. The van der Waals surface area contributed by atoms with Crippen LogP contribution in [0.3, 0.4) is 0 Å². The van der Waals surface area contributed by atoms with Gasteiger partial charge >= 0.3 is 0 Å². The van der Waals surface area contributed by atoms with Crippen LogP contribution in [-0.4, -0.2) is 33.5 Å². The molecule has 0 aliphatic heterocycles. The van der Waals surface area contributed by atoms with Crippen molar-refractivity contribution in [1.29, 1.82) is 0 Å². The van der Waals surface area contributed by atoms with Gasteiger partial charge in [0.1, 0.15) is 12.4 Å². The molecule has 0 fully saturated rings. The summed E-state index contributed by atoms with van der Waals surface area (Å²) >= 11 is 0. The van der Waals surface area contributed by atoms with Crippen LogP contribution in [0.4, 0.5) is 0 Å². The van der Waals surface area contributed by atoms with E-state index in [1.54, 1.807) is 0 Å². The molecule has 2 atom stereocenters. The van der Waals surface area contributed by atoms with Gasteiger partial charge in [-0.1, -0.05) is 31.5 Å². The Kier molecular flexibility index (Phi) is 6.89. The monoisotopic (exact) mass is 256 g/mol. The molecular weight excluding hydrogens is 236 g/mol. The third-order valence-corrected chi connectivity index (χ3v) is 3.79. The van der Waals surface area contributed by atoms with E-state index in [1.165, 1.54) is 0 Å². The maximum Gasteiger partial charge on any atom is 0.119 e. The highest BCUT2D eigenvalue weighted by Gasteiger charge is 2.09. The summed E-state index contributed by atoms with van der Waals surface area (Å²) in [7, 11) is -0.938. The molecule has 0 amide bonds. The molecule has 0 heterocycles. The third-order valence-electron chi connectivity index (χ3n) is 2.29. The molecule has 0 saturated carbocycles. The summed E-state index contributed by atoms with van der Waals surface area (Å²) < 4.78 is 16.9. The van der Waals surface area contributed by atoms with Crippen LogP contribution in [-0.2, 0) is 10.8 Å². The van der Waals surface area contributed by atoms with E-state index in [-0.39, 0.29) is 6.61 Å². The Morgan fingerprint density at radius 2 is 2.06 bits per heavy atom. The van der Waals surface area contributed by atoms with Crippen molar-refractivity contribution < 1.29 is 14.1 Å². The van der Waals surface area contributed by atoms with E-state index in [1.807, 2.05) is 30.3 Å². The molecule has 0 aliphatic rings. The SMILES string of the molecule is CCCC[S@@](=O)C[C@H](O)COc1ccccc1. The number of para-hydroxylation sites is 1. The lowest BCUT2D eigenvalue weighted by Gasteiger charge is -2.11. The van der Waals surface area contributed by atoms with Crippen molar-refractivity contribution in [2.75, 3.05) is 18.1 Å². The fraction of sp³-hybridized carbons (Fsp3) is 0.538. The zero-order chi connectivity index (χ0) is 12.5. The van der Waals surface area contributed by atoms with Gasteiger partial charge in [0, 0.05) is 16.6 Å². The Hall–Kier alpha value is -0.870. The van der Waals surface area contributed by atoms with E-state index >= 15 is 0 Å². The second-order valence-electron chi connectivity index (χ2n) is 3.94. The number of aliphatic hydroxyl groups is 1. The molecule has 0 aromatic heterocycles. The van der Waals surface area contributed by atoms with Crippen LogP contribution in [0.2, 0.25) is 0 Å². The number of aliphatic hydroxyl groups excluding tert-OH is 1. The molecule has 0 saturated heterocycles. The highest BCUT2D eigenvalue weighted by atomic mass is 32.2. The van der Waals surface area contributed by atoms with Crippen molar-refractivity contribution in [3.63, 3.8) is 0 Å². The van der Waals surface area contributed by atoms with Crippen molar-refractivity contribution in [2.24, 2.45) is 0 Å². The number of hydrogen-bond donors (Lipinski definition) is 1. The lowest BCUT2D eigenvalue weighted by atomic mass is 10.3. The lowest BCUT2D eigenvalue weighted by Crippen LogP contribution is -2.25. The maximum atomic E-state index is 11.5. The Morgan fingerprint density at radius 3 is 2.71 bits per heavy atom. The summed E-state index contributed by atoms with van der Waals surface area (Å²) in [6, 6.07) is 9.33. The maximum absolute atomic E-state index is 11.5. The van der Waals surface area contributed by atoms with Crippen LogP contribution in [0.5, 0.6) is 5.75 Å². The second kappa shape index (κ2) is 8.25. The van der Waals surface area contributed by atoms with Crippen LogP contribution >= 0.6 is 0 Å². The molecule has 1 rings (SSSR count). The summed E-state index contributed by atoms with van der Waals surface area (Å²) in [6.45, 7) is 2.26. The predicted molar refractivity (Wildman–Crippen MR) is 70.7 cm³/mol. The van der Waals surface area contributed by atoms with Crippen LogP contribution < -0.4 is 4.74 Å². The van der Waals surface area contributed by atoms with E-state index in [0.717, 1.165) is 18.6 Å². The zero-order valence-corrected chi connectivity index (χ0v) is 11.0. The van der Waals surface area contributed by atoms with E-state index in [2.05, 4.69) is 6.92 Å². The first-order valence-corrected chi connectivity index (χ1v) is 7.42. The summed E-state index contributed by atoms with van der Waals surface area (Å²) in [5.41, 5.74) is 0. The highest BCUT2D eigenvalue weighted by molar-refractivity contribution is 7.85. The van der Waals surface area contributed by atoms with E-state index in [9.17, 15) is 9.32 Å². The molecule has 96 valence electrons. The number of ether oxygens (including phenoxy) is 1. The van der Waals surface area contributed by atoms with Crippen molar-refractivity contribution >= 4 is 10.8 Å².